The molecule has 98 valence electrons. The van der Waals surface area contributed by atoms with Gasteiger partial charge in [0.2, 0.25) is 0 Å². The van der Waals surface area contributed by atoms with Gasteiger partial charge in [0.15, 0.2) is 5.79 Å². The van der Waals surface area contributed by atoms with Crippen LogP contribution in [-0.2, 0) is 9.47 Å². The van der Waals surface area contributed by atoms with E-state index < -0.39 is 0 Å². The highest BCUT2D eigenvalue weighted by molar-refractivity contribution is 5.02. The molecular formula is C15H26O2. The molecule has 2 heteroatoms. The molecule has 0 aromatic carbocycles. The minimum absolute atomic E-state index is 0.210. The van der Waals surface area contributed by atoms with Gasteiger partial charge in [-0.25, -0.2) is 0 Å². The molecule has 3 aliphatic rings. The summed E-state index contributed by atoms with van der Waals surface area (Å²) in [6.45, 7) is 8.99. The third-order valence-corrected chi connectivity index (χ3v) is 5.65. The average Bonchev–Trinajstić information content (AvgIpc) is 2.63. The number of hydrogen-bond donors (Lipinski definition) is 0. The lowest BCUT2D eigenvalue weighted by Crippen LogP contribution is -2.52. The molecule has 1 saturated heterocycles. The predicted molar refractivity (Wildman–Crippen MR) is 67.7 cm³/mol. The van der Waals surface area contributed by atoms with Gasteiger partial charge in [-0.15, -0.1) is 0 Å². The normalized spacial score (nSPS) is 43.6. The minimum atomic E-state index is -0.210. The lowest BCUT2D eigenvalue weighted by Gasteiger charge is -2.57. The van der Waals surface area contributed by atoms with Crippen LogP contribution in [0.4, 0.5) is 0 Å². The van der Waals surface area contributed by atoms with Gasteiger partial charge in [-0.1, -0.05) is 27.2 Å². The van der Waals surface area contributed by atoms with Crippen molar-refractivity contribution in [1.82, 2.24) is 0 Å². The Morgan fingerprint density at radius 1 is 0.941 bits per heavy atom. The van der Waals surface area contributed by atoms with Crippen LogP contribution in [0.3, 0.4) is 0 Å². The molecule has 2 nitrogen and oxygen atoms in total. The van der Waals surface area contributed by atoms with Gasteiger partial charge in [0.25, 0.3) is 0 Å². The van der Waals surface area contributed by atoms with Gasteiger partial charge in [-0.05, 0) is 36.0 Å². The molecule has 0 bridgehead atoms. The minimum Gasteiger partial charge on any atom is -0.348 e. The molecular weight excluding hydrogens is 212 g/mol. The third-order valence-electron chi connectivity index (χ3n) is 5.65. The summed E-state index contributed by atoms with van der Waals surface area (Å²) in [4.78, 5) is 0. The molecule has 1 aliphatic heterocycles. The second-order valence-corrected chi connectivity index (χ2v) is 7.37. The predicted octanol–water partition coefficient (Wildman–Crippen LogP) is 3.75. The molecule has 0 radical (unpaired) electrons. The number of hydrogen-bond acceptors (Lipinski definition) is 2. The van der Waals surface area contributed by atoms with Crippen LogP contribution in [0.15, 0.2) is 0 Å². The van der Waals surface area contributed by atoms with Gasteiger partial charge in [-0.3, -0.25) is 0 Å². The number of ether oxygens (including phenoxy) is 2. The Hall–Kier alpha value is -0.0800. The summed E-state index contributed by atoms with van der Waals surface area (Å²) in [6, 6.07) is 0. The largest absolute Gasteiger partial charge is 0.348 e. The smallest absolute Gasteiger partial charge is 0.169 e. The van der Waals surface area contributed by atoms with Crippen molar-refractivity contribution in [2.45, 2.75) is 65.1 Å². The van der Waals surface area contributed by atoms with Crippen molar-refractivity contribution >= 4 is 0 Å². The molecule has 0 aromatic rings. The topological polar surface area (TPSA) is 18.5 Å². The molecule has 1 spiro atoms. The Balaban J connectivity index is 1.85. The molecule has 0 amide bonds. The first-order valence-electron chi connectivity index (χ1n) is 7.24. The lowest BCUT2D eigenvalue weighted by atomic mass is 9.51. The van der Waals surface area contributed by atoms with Crippen LogP contribution in [0.1, 0.15) is 59.3 Å². The summed E-state index contributed by atoms with van der Waals surface area (Å²) in [6.07, 6.45) is 7.63. The average molecular weight is 238 g/mol. The van der Waals surface area contributed by atoms with Crippen LogP contribution in [-0.4, -0.2) is 19.0 Å². The van der Waals surface area contributed by atoms with Gasteiger partial charge in [-0.2, -0.15) is 0 Å². The fourth-order valence-corrected chi connectivity index (χ4v) is 5.00. The van der Waals surface area contributed by atoms with E-state index in [2.05, 4.69) is 20.8 Å². The van der Waals surface area contributed by atoms with E-state index >= 15 is 0 Å². The van der Waals surface area contributed by atoms with Crippen molar-refractivity contribution in [3.8, 4) is 0 Å². The molecule has 2 aliphatic carbocycles. The highest BCUT2D eigenvalue weighted by Crippen LogP contribution is 2.60. The van der Waals surface area contributed by atoms with Gasteiger partial charge < -0.3 is 9.47 Å². The van der Waals surface area contributed by atoms with Gasteiger partial charge in [0.1, 0.15) is 0 Å². The Morgan fingerprint density at radius 3 is 2.35 bits per heavy atom. The third kappa shape index (κ3) is 1.84. The Morgan fingerprint density at radius 2 is 1.65 bits per heavy atom. The van der Waals surface area contributed by atoms with Crippen LogP contribution < -0.4 is 0 Å². The van der Waals surface area contributed by atoms with E-state index in [0.717, 1.165) is 32.0 Å². The molecule has 0 N–H and O–H groups in total. The first-order valence-corrected chi connectivity index (χ1v) is 7.24. The van der Waals surface area contributed by atoms with E-state index in [1.165, 1.54) is 25.7 Å². The summed E-state index contributed by atoms with van der Waals surface area (Å²) in [5.74, 6) is 0.640. The first-order chi connectivity index (χ1) is 7.96. The van der Waals surface area contributed by atoms with Crippen molar-refractivity contribution in [1.29, 1.82) is 0 Å². The lowest BCUT2D eigenvalue weighted by molar-refractivity contribution is -0.227. The maximum absolute atomic E-state index is 5.94. The Bertz CT molecular complexity index is 304. The van der Waals surface area contributed by atoms with Crippen molar-refractivity contribution in [3.63, 3.8) is 0 Å². The number of rotatable bonds is 0. The van der Waals surface area contributed by atoms with Crippen molar-refractivity contribution in [2.75, 3.05) is 13.2 Å². The van der Waals surface area contributed by atoms with E-state index in [1.54, 1.807) is 0 Å². The Kier molecular flexibility index (Phi) is 2.61. The summed E-state index contributed by atoms with van der Waals surface area (Å²) >= 11 is 0. The van der Waals surface area contributed by atoms with Crippen molar-refractivity contribution < 1.29 is 9.47 Å². The molecule has 0 aromatic heterocycles. The van der Waals surface area contributed by atoms with Crippen LogP contribution in [0.2, 0.25) is 0 Å². The zero-order chi connectivity index (χ0) is 12.1. The monoisotopic (exact) mass is 238 g/mol. The quantitative estimate of drug-likeness (QED) is 0.640. The van der Waals surface area contributed by atoms with E-state index in [9.17, 15) is 0 Å². The molecule has 17 heavy (non-hydrogen) atoms. The maximum atomic E-state index is 5.94. The summed E-state index contributed by atoms with van der Waals surface area (Å²) < 4.78 is 11.9. The van der Waals surface area contributed by atoms with E-state index in [-0.39, 0.29) is 5.79 Å². The molecule has 2 saturated carbocycles. The summed E-state index contributed by atoms with van der Waals surface area (Å²) in [5.41, 5.74) is 0.942. The fraction of sp³-hybridized carbons (Fsp3) is 1.00. The van der Waals surface area contributed by atoms with Gasteiger partial charge in [0.05, 0.1) is 13.2 Å². The van der Waals surface area contributed by atoms with Crippen LogP contribution in [0.5, 0.6) is 0 Å². The highest BCUT2D eigenvalue weighted by Gasteiger charge is 2.55. The van der Waals surface area contributed by atoms with E-state index in [0.29, 0.717) is 10.8 Å². The molecule has 1 heterocycles. The maximum Gasteiger partial charge on any atom is 0.169 e. The first kappa shape index (κ1) is 12.0. The standard InChI is InChI=1S/C15H26O2/c1-13(2)6-4-7-14(3)11-15(8-5-12(13)14)16-9-10-17-15/h12H,4-11H2,1-3H3/t12-,14+/m0/s1. The second-order valence-electron chi connectivity index (χ2n) is 7.37. The zero-order valence-electron chi connectivity index (χ0n) is 11.6. The SMILES string of the molecule is CC1(C)CCC[C@]2(C)CC3(CC[C@@H]12)OCCO3. The van der Waals surface area contributed by atoms with Crippen LogP contribution >= 0.6 is 0 Å². The highest BCUT2D eigenvalue weighted by atomic mass is 16.7. The van der Waals surface area contributed by atoms with Gasteiger partial charge >= 0.3 is 0 Å². The van der Waals surface area contributed by atoms with Crippen LogP contribution in [0, 0.1) is 16.7 Å². The summed E-state index contributed by atoms with van der Waals surface area (Å²) in [7, 11) is 0. The Labute approximate surface area is 105 Å². The van der Waals surface area contributed by atoms with Crippen molar-refractivity contribution in [2.24, 2.45) is 16.7 Å². The van der Waals surface area contributed by atoms with Gasteiger partial charge in [0, 0.05) is 12.8 Å². The molecule has 2 atom stereocenters. The van der Waals surface area contributed by atoms with E-state index in [4.69, 9.17) is 9.47 Å². The molecule has 0 unspecified atom stereocenters. The van der Waals surface area contributed by atoms with Crippen molar-refractivity contribution in [3.05, 3.63) is 0 Å². The fourth-order valence-electron chi connectivity index (χ4n) is 5.00. The zero-order valence-corrected chi connectivity index (χ0v) is 11.6. The van der Waals surface area contributed by atoms with E-state index in [1.807, 2.05) is 0 Å². The van der Waals surface area contributed by atoms with Crippen LogP contribution in [0.25, 0.3) is 0 Å². The second kappa shape index (κ2) is 3.71. The summed E-state index contributed by atoms with van der Waals surface area (Å²) in [5, 5.41) is 0. The number of fused-ring (bicyclic) bond motifs is 1. The molecule has 3 rings (SSSR count). The molecule has 3 fully saturated rings.